The number of hydrogen-bond acceptors (Lipinski definition) is 2. The van der Waals surface area contributed by atoms with Gasteiger partial charge in [0.2, 0.25) is 0 Å². The zero-order chi connectivity index (χ0) is 37.3. The molecule has 6 heteroatoms. The Morgan fingerprint density at radius 1 is 0.556 bits per heavy atom. The quantitative estimate of drug-likeness (QED) is 0.161. The summed E-state index contributed by atoms with van der Waals surface area (Å²) in [7, 11) is 0. The molecular formula is C48H47N4OPt-. The summed E-state index contributed by atoms with van der Waals surface area (Å²) in [4.78, 5) is 4.90. The van der Waals surface area contributed by atoms with Crippen molar-refractivity contribution in [2.45, 2.75) is 78.6 Å². The van der Waals surface area contributed by atoms with E-state index in [2.05, 4.69) is 192 Å². The monoisotopic (exact) mass is 890 g/mol. The van der Waals surface area contributed by atoms with E-state index in [0.717, 1.165) is 50.2 Å². The molecule has 3 heterocycles. The van der Waals surface area contributed by atoms with Crippen LogP contribution >= 0.6 is 0 Å². The summed E-state index contributed by atoms with van der Waals surface area (Å²) >= 11 is 0. The molecule has 5 nitrogen and oxygen atoms in total. The second-order valence-electron chi connectivity index (χ2n) is 17.2. The Kier molecular flexibility index (Phi) is 9.47. The predicted octanol–water partition coefficient (Wildman–Crippen LogP) is 12.5. The molecule has 0 amide bonds. The number of hydrogen-bond donors (Lipinski definition) is 0. The minimum absolute atomic E-state index is 0. The predicted molar refractivity (Wildman–Crippen MR) is 219 cm³/mol. The molecule has 5 aromatic carbocycles. The third-order valence-electron chi connectivity index (χ3n) is 10.2. The van der Waals surface area contributed by atoms with Crippen molar-refractivity contribution in [2.75, 3.05) is 0 Å². The molecule has 0 saturated carbocycles. The number of fused-ring (bicyclic) bond motifs is 4. The summed E-state index contributed by atoms with van der Waals surface area (Å²) in [5.41, 5.74) is 9.74. The topological polar surface area (TPSA) is 36.9 Å². The Morgan fingerprint density at radius 3 is 1.89 bits per heavy atom. The first-order valence-electron chi connectivity index (χ1n) is 18.5. The summed E-state index contributed by atoms with van der Waals surface area (Å²) in [5.74, 6) is 2.12. The summed E-state index contributed by atoms with van der Waals surface area (Å²) in [5, 5.41) is 2.28. The van der Waals surface area contributed by atoms with Crippen molar-refractivity contribution in [2.24, 2.45) is 0 Å². The maximum atomic E-state index is 6.77. The first-order valence-corrected chi connectivity index (χ1v) is 18.5. The van der Waals surface area contributed by atoms with Gasteiger partial charge >= 0.3 is 0 Å². The van der Waals surface area contributed by atoms with Crippen LogP contribution in [-0.2, 0) is 37.3 Å². The van der Waals surface area contributed by atoms with Crippen molar-refractivity contribution in [3.05, 3.63) is 151 Å². The SMILES string of the molecule is CC(C)(C)c1cc(Oc2[c-]c3c(cc2)c2cc(C(C)(C)C)ccc2n3-c2cc(C(C)(C)C)ccn2)[c-]c(-n2[cH+]n(-c3ccccc3)c3ccccc32)c1.[Pt]. The average Bonchev–Trinajstić information content (AvgIpc) is 3.67. The second-order valence-corrected chi connectivity index (χ2v) is 17.2. The maximum Gasteiger partial charge on any atom is 0.168 e. The van der Waals surface area contributed by atoms with Crippen molar-refractivity contribution in [1.29, 1.82) is 0 Å². The van der Waals surface area contributed by atoms with Gasteiger partial charge in [0.1, 0.15) is 11.5 Å². The van der Waals surface area contributed by atoms with Crippen LogP contribution in [0.25, 0.3) is 50.0 Å². The van der Waals surface area contributed by atoms with E-state index in [9.17, 15) is 0 Å². The van der Waals surface area contributed by atoms with Crippen LogP contribution in [0.4, 0.5) is 0 Å². The standard InChI is InChI=1S/C48H47N4O.Pt/c1-46(2,3)32-19-22-41-40(27-32)39-21-20-37(30-44(39)52(41)45-28-33(23-24-49-45)47(4,5)6)53-38-26-34(48(7,8)9)25-36(29-38)51-31-50(35-15-11-10-12-16-35)42-17-13-14-18-43(42)51;/h10-28,31H,1-9H3;/q-1;. The Bertz CT molecular complexity index is 2650. The smallest absolute Gasteiger partial charge is 0.168 e. The zero-order valence-electron chi connectivity index (χ0n) is 32.6. The molecule has 0 atom stereocenters. The largest absolute Gasteiger partial charge is 0.508 e. The molecular weight excluding hydrogens is 844 g/mol. The van der Waals surface area contributed by atoms with Crippen molar-refractivity contribution >= 4 is 32.8 Å². The van der Waals surface area contributed by atoms with Gasteiger partial charge in [-0.3, -0.25) is 0 Å². The summed E-state index contributed by atoms with van der Waals surface area (Å²) in [6.45, 7) is 20.2. The molecule has 0 spiro atoms. The molecule has 0 bridgehead atoms. The molecule has 8 rings (SSSR count). The van der Waals surface area contributed by atoms with E-state index in [4.69, 9.17) is 9.72 Å². The van der Waals surface area contributed by atoms with Gasteiger partial charge in [0.15, 0.2) is 17.4 Å². The fourth-order valence-electron chi connectivity index (χ4n) is 7.06. The Morgan fingerprint density at radius 2 is 1.20 bits per heavy atom. The van der Waals surface area contributed by atoms with E-state index in [1.807, 2.05) is 18.3 Å². The van der Waals surface area contributed by atoms with Crippen molar-refractivity contribution in [1.82, 2.24) is 18.7 Å². The minimum Gasteiger partial charge on any atom is -0.508 e. The fourth-order valence-corrected chi connectivity index (χ4v) is 7.06. The van der Waals surface area contributed by atoms with Gasteiger partial charge in [-0.2, -0.15) is 10.6 Å². The van der Waals surface area contributed by atoms with Gasteiger partial charge in [-0.05, 0) is 63.1 Å². The van der Waals surface area contributed by atoms with Gasteiger partial charge in [-0.25, -0.2) is 9.55 Å². The van der Waals surface area contributed by atoms with Crippen molar-refractivity contribution in [3.8, 4) is 28.7 Å². The average molecular weight is 891 g/mol. The Balaban J connectivity index is 0.00000450. The normalized spacial score (nSPS) is 12.4. The van der Waals surface area contributed by atoms with Crippen LogP contribution in [0.1, 0.15) is 79.0 Å². The van der Waals surface area contributed by atoms with E-state index in [-0.39, 0.29) is 37.3 Å². The van der Waals surface area contributed by atoms with Crippen molar-refractivity contribution < 1.29 is 25.8 Å². The van der Waals surface area contributed by atoms with E-state index >= 15 is 0 Å². The number of rotatable bonds is 5. The van der Waals surface area contributed by atoms with Gasteiger partial charge in [0.25, 0.3) is 0 Å². The van der Waals surface area contributed by atoms with E-state index in [0.29, 0.717) is 11.5 Å². The van der Waals surface area contributed by atoms with E-state index < -0.39 is 0 Å². The van der Waals surface area contributed by atoms with Crippen LogP contribution in [0.3, 0.4) is 0 Å². The van der Waals surface area contributed by atoms with Gasteiger partial charge < -0.3 is 9.30 Å². The molecule has 0 fully saturated rings. The number of imidazole rings is 1. The van der Waals surface area contributed by atoms with Crippen molar-refractivity contribution in [3.63, 3.8) is 0 Å². The van der Waals surface area contributed by atoms with Gasteiger partial charge in [0, 0.05) is 62.1 Å². The number of aromatic nitrogens is 4. The van der Waals surface area contributed by atoms with Crippen LogP contribution in [0.15, 0.2) is 122 Å². The Labute approximate surface area is 333 Å². The molecule has 276 valence electrons. The number of pyridine rings is 1. The zero-order valence-corrected chi connectivity index (χ0v) is 34.8. The molecule has 3 aromatic heterocycles. The minimum atomic E-state index is -0.130. The van der Waals surface area contributed by atoms with Gasteiger partial charge in [-0.15, -0.1) is 35.2 Å². The molecule has 0 aliphatic rings. The van der Waals surface area contributed by atoms with Crippen LogP contribution in [0.5, 0.6) is 11.5 Å². The molecule has 0 aliphatic heterocycles. The molecule has 8 aromatic rings. The third-order valence-corrected chi connectivity index (χ3v) is 10.2. The van der Waals surface area contributed by atoms with Gasteiger partial charge in [0.05, 0.1) is 0 Å². The third kappa shape index (κ3) is 6.91. The van der Waals surface area contributed by atoms with Crippen LogP contribution in [0, 0.1) is 12.1 Å². The van der Waals surface area contributed by atoms with Crippen LogP contribution < -0.4 is 4.74 Å². The summed E-state index contributed by atoms with van der Waals surface area (Å²) < 4.78 is 13.4. The number of ether oxygens (including phenoxy) is 1. The number of nitrogens with zero attached hydrogens (tertiary/aromatic N) is 4. The summed E-state index contributed by atoms with van der Waals surface area (Å²) in [6, 6.07) is 45.9. The van der Waals surface area contributed by atoms with E-state index in [1.54, 1.807) is 0 Å². The number of para-hydroxylation sites is 3. The first-order chi connectivity index (χ1) is 25.1. The fraction of sp³-hybridized carbons (Fsp3) is 0.250. The molecule has 0 radical (unpaired) electrons. The molecule has 0 aliphatic carbocycles. The first kappa shape index (κ1) is 37.3. The molecule has 0 unspecified atom stereocenters. The van der Waals surface area contributed by atoms with E-state index in [1.165, 1.54) is 16.5 Å². The van der Waals surface area contributed by atoms with Crippen LogP contribution in [-0.4, -0.2) is 18.7 Å². The summed E-state index contributed by atoms with van der Waals surface area (Å²) in [6.07, 6.45) is 4.06. The number of benzene rings is 5. The molecule has 54 heavy (non-hydrogen) atoms. The van der Waals surface area contributed by atoms with Crippen LogP contribution in [0.2, 0.25) is 0 Å². The molecule has 0 N–H and O–H groups in total. The Hall–Kier alpha value is -4.99. The second kappa shape index (κ2) is 13.7. The maximum absolute atomic E-state index is 6.77. The van der Waals surface area contributed by atoms with Gasteiger partial charge in [-0.1, -0.05) is 116 Å². The molecule has 0 saturated heterocycles.